The number of H-pyrrole nitrogens is 1. The van der Waals surface area contributed by atoms with Crippen LogP contribution in [0.2, 0.25) is 0 Å². The average molecular weight is 178 g/mol. The molecule has 0 radical (unpaired) electrons. The van der Waals surface area contributed by atoms with E-state index < -0.39 is 4.92 Å². The van der Waals surface area contributed by atoms with Gasteiger partial charge in [0.05, 0.1) is 12.5 Å². The fourth-order valence-corrected chi connectivity index (χ4v) is 0.790. The van der Waals surface area contributed by atoms with Crippen LogP contribution < -0.4 is 0 Å². The van der Waals surface area contributed by atoms with Gasteiger partial charge in [-0.3, -0.25) is 0 Å². The monoisotopic (exact) mass is 178 g/mol. The lowest BCUT2D eigenvalue weighted by Crippen LogP contribution is -1.89. The lowest BCUT2D eigenvalue weighted by molar-refractivity contribution is -0.389. The molecule has 1 aromatic heterocycles. The molecule has 0 aromatic carbocycles. The second-order valence-electron chi connectivity index (χ2n) is 2.16. The first kappa shape index (κ1) is 8.93. The fraction of sp³-hybridized carbons (Fsp3) is 0.143. The van der Waals surface area contributed by atoms with E-state index in [1.54, 1.807) is 0 Å². The maximum absolute atomic E-state index is 10.4. The van der Waals surface area contributed by atoms with E-state index in [1.807, 2.05) is 6.07 Å². The summed E-state index contributed by atoms with van der Waals surface area (Å²) < 4.78 is 0. The number of aromatic nitrogens is 2. The van der Waals surface area contributed by atoms with Crippen molar-refractivity contribution in [3.8, 4) is 6.07 Å². The van der Waals surface area contributed by atoms with Crippen molar-refractivity contribution >= 4 is 11.9 Å². The molecule has 6 heteroatoms. The highest BCUT2D eigenvalue weighted by Crippen LogP contribution is 2.13. The largest absolute Gasteiger partial charge is 0.358 e. The molecule has 0 aliphatic carbocycles. The van der Waals surface area contributed by atoms with Crippen LogP contribution >= 0.6 is 0 Å². The summed E-state index contributed by atoms with van der Waals surface area (Å²) in [5.74, 6) is -0.158. The molecule has 0 spiro atoms. The van der Waals surface area contributed by atoms with Gasteiger partial charge in [0.1, 0.15) is 0 Å². The summed E-state index contributed by atoms with van der Waals surface area (Å²) in [6.45, 7) is 0. The van der Waals surface area contributed by atoms with Crippen LogP contribution in [0.3, 0.4) is 0 Å². The van der Waals surface area contributed by atoms with Crippen LogP contribution in [0.1, 0.15) is 12.1 Å². The van der Waals surface area contributed by atoms with E-state index in [2.05, 4.69) is 9.97 Å². The molecule has 66 valence electrons. The molecule has 6 nitrogen and oxygen atoms in total. The van der Waals surface area contributed by atoms with Gasteiger partial charge in [-0.2, -0.15) is 5.26 Å². The zero-order valence-corrected chi connectivity index (χ0v) is 6.60. The first-order valence-electron chi connectivity index (χ1n) is 3.47. The minimum atomic E-state index is -0.557. The smallest absolute Gasteiger partial charge is 0.347 e. The second-order valence-corrected chi connectivity index (χ2v) is 2.16. The Hall–Kier alpha value is -2.16. The molecule has 0 atom stereocenters. The van der Waals surface area contributed by atoms with E-state index in [1.165, 1.54) is 18.5 Å². The lowest BCUT2D eigenvalue weighted by atomic mass is 10.3. The maximum atomic E-state index is 10.4. The molecule has 0 aliphatic heterocycles. The van der Waals surface area contributed by atoms with Gasteiger partial charge in [0.25, 0.3) is 0 Å². The third kappa shape index (κ3) is 2.13. The third-order valence-corrected chi connectivity index (χ3v) is 1.31. The van der Waals surface area contributed by atoms with Gasteiger partial charge >= 0.3 is 5.82 Å². The van der Waals surface area contributed by atoms with E-state index in [0.29, 0.717) is 0 Å². The number of nitrogens with zero attached hydrogens (tertiary/aromatic N) is 3. The average Bonchev–Trinajstić information content (AvgIpc) is 2.53. The summed E-state index contributed by atoms with van der Waals surface area (Å²) in [5.41, 5.74) is 0.236. The fourth-order valence-electron chi connectivity index (χ4n) is 0.790. The summed E-state index contributed by atoms with van der Waals surface area (Å²) in [6, 6.07) is 1.88. The predicted molar refractivity (Wildman–Crippen MR) is 44.5 cm³/mol. The number of nitrogens with one attached hydrogen (secondary N) is 1. The van der Waals surface area contributed by atoms with Gasteiger partial charge in [-0.15, -0.1) is 0 Å². The second kappa shape index (κ2) is 4.01. The minimum absolute atomic E-state index is 0.158. The van der Waals surface area contributed by atoms with Crippen molar-refractivity contribution in [2.45, 2.75) is 6.42 Å². The zero-order chi connectivity index (χ0) is 9.68. The molecule has 0 unspecified atom stereocenters. The zero-order valence-electron chi connectivity index (χ0n) is 6.60. The van der Waals surface area contributed by atoms with Crippen LogP contribution in [-0.4, -0.2) is 14.9 Å². The van der Waals surface area contributed by atoms with Crippen molar-refractivity contribution in [2.75, 3.05) is 0 Å². The van der Waals surface area contributed by atoms with E-state index in [9.17, 15) is 10.1 Å². The maximum Gasteiger partial charge on any atom is 0.347 e. The molecule has 1 rings (SSSR count). The standard InChI is InChI=1S/C7H6N4O2/c8-4-2-1-3-6-7(11(12)13)10-5-9-6/h1,3,5H,2H2,(H,9,10). The van der Waals surface area contributed by atoms with E-state index >= 15 is 0 Å². The number of rotatable bonds is 3. The quantitative estimate of drug-likeness (QED) is 0.556. The molecule has 0 saturated carbocycles. The highest BCUT2D eigenvalue weighted by atomic mass is 16.6. The summed E-state index contributed by atoms with van der Waals surface area (Å²) in [4.78, 5) is 15.9. The Kier molecular flexibility index (Phi) is 2.76. The highest BCUT2D eigenvalue weighted by Gasteiger charge is 2.11. The van der Waals surface area contributed by atoms with Crippen molar-refractivity contribution in [3.05, 3.63) is 28.2 Å². The lowest BCUT2D eigenvalue weighted by Gasteiger charge is -1.89. The van der Waals surface area contributed by atoms with Gasteiger partial charge < -0.3 is 10.1 Å². The molecule has 0 amide bonds. The minimum Gasteiger partial charge on any atom is -0.358 e. The van der Waals surface area contributed by atoms with Crippen molar-refractivity contribution in [1.29, 1.82) is 5.26 Å². The van der Waals surface area contributed by atoms with Gasteiger partial charge in [-0.1, -0.05) is 6.08 Å². The Bertz CT molecular complexity index is 374. The molecule has 0 bridgehead atoms. The van der Waals surface area contributed by atoms with E-state index in [4.69, 9.17) is 5.26 Å². The van der Waals surface area contributed by atoms with Crippen molar-refractivity contribution in [1.82, 2.24) is 9.97 Å². The van der Waals surface area contributed by atoms with Crippen LogP contribution in [0.15, 0.2) is 12.4 Å². The number of nitro groups is 1. The summed E-state index contributed by atoms with van der Waals surface area (Å²) in [7, 11) is 0. The van der Waals surface area contributed by atoms with Gasteiger partial charge in [-0.05, 0) is 11.0 Å². The van der Waals surface area contributed by atoms with Crippen LogP contribution in [0.4, 0.5) is 5.82 Å². The van der Waals surface area contributed by atoms with Crippen molar-refractivity contribution < 1.29 is 4.92 Å². The van der Waals surface area contributed by atoms with Gasteiger partial charge in [-0.25, -0.2) is 9.97 Å². The Morgan fingerprint density at radius 2 is 2.62 bits per heavy atom. The van der Waals surface area contributed by atoms with Crippen LogP contribution in [0.25, 0.3) is 6.08 Å². The number of aromatic amines is 1. The Morgan fingerprint density at radius 1 is 1.85 bits per heavy atom. The summed E-state index contributed by atoms with van der Waals surface area (Å²) >= 11 is 0. The van der Waals surface area contributed by atoms with Crippen LogP contribution in [0, 0.1) is 21.4 Å². The van der Waals surface area contributed by atoms with Crippen LogP contribution in [0.5, 0.6) is 0 Å². The molecule has 13 heavy (non-hydrogen) atoms. The Balaban J connectivity index is 2.83. The number of hydrogen-bond donors (Lipinski definition) is 1. The molecule has 1 heterocycles. The normalized spacial score (nSPS) is 10.1. The van der Waals surface area contributed by atoms with Crippen molar-refractivity contribution in [2.24, 2.45) is 0 Å². The number of nitriles is 1. The van der Waals surface area contributed by atoms with Crippen molar-refractivity contribution in [3.63, 3.8) is 0 Å². The summed E-state index contributed by atoms with van der Waals surface area (Å²) in [5, 5.41) is 18.6. The number of imidazole rings is 1. The number of hydrogen-bond acceptors (Lipinski definition) is 4. The first-order valence-corrected chi connectivity index (χ1v) is 3.47. The molecule has 0 fully saturated rings. The SMILES string of the molecule is N#CCC=Cc1nc[nH]c1[N+](=O)[O-]. The topological polar surface area (TPSA) is 95.6 Å². The van der Waals surface area contributed by atoms with Gasteiger partial charge in [0.2, 0.25) is 0 Å². The molecule has 1 N–H and O–H groups in total. The Morgan fingerprint density at radius 3 is 3.23 bits per heavy atom. The molecular weight excluding hydrogens is 172 g/mol. The van der Waals surface area contributed by atoms with Gasteiger partial charge in [0.15, 0.2) is 12.0 Å². The molecule has 0 aliphatic rings. The first-order chi connectivity index (χ1) is 6.25. The number of allylic oxidation sites excluding steroid dienone is 1. The molecular formula is C7H6N4O2. The summed E-state index contributed by atoms with van der Waals surface area (Å²) in [6.07, 6.45) is 4.41. The molecule has 0 saturated heterocycles. The van der Waals surface area contributed by atoms with E-state index in [0.717, 1.165) is 0 Å². The third-order valence-electron chi connectivity index (χ3n) is 1.31. The molecule has 1 aromatic rings. The highest BCUT2D eigenvalue weighted by molar-refractivity contribution is 5.53. The van der Waals surface area contributed by atoms with Crippen LogP contribution in [-0.2, 0) is 0 Å². The van der Waals surface area contributed by atoms with E-state index in [-0.39, 0.29) is 17.9 Å². The van der Waals surface area contributed by atoms with Gasteiger partial charge in [0, 0.05) is 0 Å². The Labute approximate surface area is 73.7 Å². The predicted octanol–water partition coefficient (Wildman–Crippen LogP) is 1.24.